The summed E-state index contributed by atoms with van der Waals surface area (Å²) in [6, 6.07) is 10.6. The molecule has 1 saturated heterocycles. The highest BCUT2D eigenvalue weighted by molar-refractivity contribution is 5.79. The number of hydrogen-bond acceptors (Lipinski definition) is 5. The van der Waals surface area contributed by atoms with Gasteiger partial charge in [-0.05, 0) is 43.6 Å². The molecule has 1 aromatic carbocycles. The molecule has 0 aliphatic carbocycles. The molecule has 1 aliphatic heterocycles. The quantitative estimate of drug-likeness (QED) is 0.336. The first kappa shape index (κ1) is 18.9. The van der Waals surface area contributed by atoms with Crippen LogP contribution in [0.3, 0.4) is 0 Å². The second kappa shape index (κ2) is 9.18. The molecule has 2 N–H and O–H groups in total. The lowest BCUT2D eigenvalue weighted by Crippen LogP contribution is -2.42. The molecule has 0 spiro atoms. The summed E-state index contributed by atoms with van der Waals surface area (Å²) < 4.78 is 5.64. The normalized spacial score (nSPS) is 16.3. The van der Waals surface area contributed by atoms with Crippen molar-refractivity contribution in [1.29, 1.82) is 0 Å². The Labute approximate surface area is 158 Å². The highest BCUT2D eigenvalue weighted by Crippen LogP contribution is 2.24. The average molecular weight is 371 g/mol. The lowest BCUT2D eigenvalue weighted by atomic mass is 10.2. The molecule has 0 radical (unpaired) electrons. The number of furan rings is 1. The number of hydrogen-bond donors (Lipinski definition) is 2. The van der Waals surface area contributed by atoms with E-state index >= 15 is 0 Å². The van der Waals surface area contributed by atoms with Crippen molar-refractivity contribution in [2.24, 2.45) is 4.99 Å². The van der Waals surface area contributed by atoms with Crippen LogP contribution in [0.5, 0.6) is 0 Å². The molecule has 8 heteroatoms. The summed E-state index contributed by atoms with van der Waals surface area (Å²) in [5, 5.41) is 17.3. The van der Waals surface area contributed by atoms with Gasteiger partial charge in [0.15, 0.2) is 5.96 Å². The molecule has 1 unspecified atom stereocenters. The van der Waals surface area contributed by atoms with Crippen molar-refractivity contribution in [2.45, 2.75) is 25.4 Å². The summed E-state index contributed by atoms with van der Waals surface area (Å²) in [5.41, 5.74) is 1.04. The Hall–Kier alpha value is -2.87. The third-order valence-corrected chi connectivity index (χ3v) is 4.75. The Balaban J connectivity index is 1.55. The van der Waals surface area contributed by atoms with Gasteiger partial charge in [-0.3, -0.25) is 20.0 Å². The highest BCUT2D eigenvalue weighted by Gasteiger charge is 2.25. The van der Waals surface area contributed by atoms with E-state index in [9.17, 15) is 10.1 Å². The highest BCUT2D eigenvalue weighted by atomic mass is 16.6. The molecule has 1 aromatic heterocycles. The van der Waals surface area contributed by atoms with E-state index in [1.54, 1.807) is 25.4 Å². The summed E-state index contributed by atoms with van der Waals surface area (Å²) in [6.45, 7) is 3.37. The van der Waals surface area contributed by atoms with Crippen LogP contribution >= 0.6 is 0 Å². The van der Waals surface area contributed by atoms with Gasteiger partial charge in [-0.15, -0.1) is 0 Å². The van der Waals surface area contributed by atoms with Gasteiger partial charge in [-0.2, -0.15) is 0 Å². The maximum atomic E-state index is 10.7. The van der Waals surface area contributed by atoms with Crippen molar-refractivity contribution in [3.05, 3.63) is 64.1 Å². The van der Waals surface area contributed by atoms with Gasteiger partial charge < -0.3 is 15.1 Å². The summed E-state index contributed by atoms with van der Waals surface area (Å²) in [6.07, 6.45) is 4.13. The van der Waals surface area contributed by atoms with Crippen molar-refractivity contribution in [3.8, 4) is 0 Å². The minimum absolute atomic E-state index is 0.0909. The molecule has 1 fully saturated rings. The van der Waals surface area contributed by atoms with E-state index < -0.39 is 4.92 Å². The molecule has 1 aliphatic rings. The van der Waals surface area contributed by atoms with Crippen molar-refractivity contribution in [2.75, 3.05) is 26.7 Å². The van der Waals surface area contributed by atoms with Gasteiger partial charge in [0.2, 0.25) is 0 Å². The maximum Gasteiger partial charge on any atom is 0.269 e. The van der Waals surface area contributed by atoms with E-state index in [0.717, 1.165) is 24.4 Å². The Morgan fingerprint density at radius 3 is 2.59 bits per heavy atom. The smallest absolute Gasteiger partial charge is 0.269 e. The number of non-ortho nitro benzene ring substituents is 1. The topological polar surface area (TPSA) is 95.9 Å². The Morgan fingerprint density at radius 1 is 1.26 bits per heavy atom. The van der Waals surface area contributed by atoms with E-state index in [-0.39, 0.29) is 11.7 Å². The van der Waals surface area contributed by atoms with Gasteiger partial charge in [0, 0.05) is 32.3 Å². The van der Waals surface area contributed by atoms with Gasteiger partial charge in [0.1, 0.15) is 5.76 Å². The van der Waals surface area contributed by atoms with Gasteiger partial charge in [0.05, 0.1) is 17.2 Å². The minimum Gasteiger partial charge on any atom is -0.468 e. The lowest BCUT2D eigenvalue weighted by Gasteiger charge is -2.26. The number of likely N-dealkylation sites (tertiary alicyclic amines) is 1. The number of nitro groups is 1. The SMILES string of the molecule is CN=C(NCc1ccc([N+](=O)[O-])cc1)NCC(c1ccco1)N1CCCC1. The zero-order chi connectivity index (χ0) is 19.1. The number of rotatable bonds is 7. The summed E-state index contributed by atoms with van der Waals surface area (Å²) >= 11 is 0. The van der Waals surface area contributed by atoms with Crippen molar-refractivity contribution in [1.82, 2.24) is 15.5 Å². The number of nitrogens with zero attached hydrogens (tertiary/aromatic N) is 3. The van der Waals surface area contributed by atoms with Gasteiger partial charge >= 0.3 is 0 Å². The number of benzene rings is 1. The monoisotopic (exact) mass is 371 g/mol. The fourth-order valence-corrected chi connectivity index (χ4v) is 3.28. The van der Waals surface area contributed by atoms with Crippen molar-refractivity contribution < 1.29 is 9.34 Å². The summed E-state index contributed by atoms with van der Waals surface area (Å²) in [5.74, 6) is 1.64. The van der Waals surface area contributed by atoms with Crippen molar-refractivity contribution >= 4 is 11.6 Å². The Kier molecular flexibility index (Phi) is 6.43. The maximum absolute atomic E-state index is 10.7. The van der Waals surface area contributed by atoms with Crippen LogP contribution in [0.25, 0.3) is 0 Å². The second-order valence-corrected chi connectivity index (χ2v) is 6.50. The zero-order valence-corrected chi connectivity index (χ0v) is 15.4. The molecule has 27 heavy (non-hydrogen) atoms. The largest absolute Gasteiger partial charge is 0.468 e. The van der Waals surface area contributed by atoms with E-state index in [4.69, 9.17) is 4.42 Å². The predicted octanol–water partition coefficient (Wildman–Crippen LogP) is 2.69. The van der Waals surface area contributed by atoms with Gasteiger partial charge in [-0.25, -0.2) is 0 Å². The van der Waals surface area contributed by atoms with Gasteiger partial charge in [-0.1, -0.05) is 12.1 Å². The molecular formula is C19H25N5O3. The number of nitro benzene ring substituents is 1. The Bertz CT molecular complexity index is 752. The first-order chi connectivity index (χ1) is 13.2. The number of guanidine groups is 1. The van der Waals surface area contributed by atoms with Crippen LogP contribution in [0.4, 0.5) is 5.69 Å². The fourth-order valence-electron chi connectivity index (χ4n) is 3.28. The van der Waals surface area contributed by atoms with Gasteiger partial charge in [0.25, 0.3) is 5.69 Å². The molecule has 2 heterocycles. The minimum atomic E-state index is -0.398. The van der Waals surface area contributed by atoms with E-state index in [2.05, 4.69) is 20.5 Å². The first-order valence-electron chi connectivity index (χ1n) is 9.12. The van der Waals surface area contributed by atoms with Crippen LogP contribution in [-0.4, -0.2) is 42.5 Å². The third-order valence-electron chi connectivity index (χ3n) is 4.75. The van der Waals surface area contributed by atoms with E-state index in [1.165, 1.54) is 25.0 Å². The first-order valence-corrected chi connectivity index (χ1v) is 9.12. The van der Waals surface area contributed by atoms with Crippen LogP contribution < -0.4 is 10.6 Å². The number of aliphatic imine (C=N–C) groups is 1. The fraction of sp³-hybridized carbons (Fsp3) is 0.421. The molecule has 8 nitrogen and oxygen atoms in total. The van der Waals surface area contributed by atoms with Crippen LogP contribution in [0.1, 0.15) is 30.2 Å². The summed E-state index contributed by atoms with van der Waals surface area (Å²) in [7, 11) is 1.73. The van der Waals surface area contributed by atoms with Crippen LogP contribution in [0.15, 0.2) is 52.1 Å². The summed E-state index contributed by atoms with van der Waals surface area (Å²) in [4.78, 5) is 17.0. The lowest BCUT2D eigenvalue weighted by molar-refractivity contribution is -0.384. The van der Waals surface area contributed by atoms with Crippen LogP contribution in [0, 0.1) is 10.1 Å². The standard InChI is InChI=1S/C19H25N5O3/c1-20-19(21-13-15-6-8-16(9-7-15)24(25)26)22-14-17(18-5-4-12-27-18)23-10-2-3-11-23/h4-9,12,17H,2-3,10-11,13-14H2,1H3,(H2,20,21,22). The average Bonchev–Trinajstić information content (AvgIpc) is 3.39. The molecular weight excluding hydrogens is 346 g/mol. The zero-order valence-electron chi connectivity index (χ0n) is 15.4. The van der Waals surface area contributed by atoms with Crippen LogP contribution in [0.2, 0.25) is 0 Å². The molecule has 2 aromatic rings. The Morgan fingerprint density at radius 2 is 2.00 bits per heavy atom. The molecule has 0 bridgehead atoms. The molecule has 144 valence electrons. The molecule has 1 atom stereocenters. The molecule has 0 amide bonds. The third kappa shape index (κ3) is 5.07. The van der Waals surface area contributed by atoms with Crippen molar-refractivity contribution in [3.63, 3.8) is 0 Å². The molecule has 3 rings (SSSR count). The predicted molar refractivity (Wildman–Crippen MR) is 104 cm³/mol. The number of nitrogens with one attached hydrogen (secondary N) is 2. The van der Waals surface area contributed by atoms with Crippen LogP contribution in [-0.2, 0) is 6.54 Å². The second-order valence-electron chi connectivity index (χ2n) is 6.50. The molecule has 0 saturated carbocycles. The van der Waals surface area contributed by atoms with E-state index in [1.807, 2.05) is 12.1 Å². The van der Waals surface area contributed by atoms with E-state index in [0.29, 0.717) is 19.0 Å².